The summed E-state index contributed by atoms with van der Waals surface area (Å²) in [5.74, 6) is 0.933. The van der Waals surface area contributed by atoms with Gasteiger partial charge in [-0.05, 0) is 51.3 Å². The maximum absolute atomic E-state index is 12.5. The van der Waals surface area contributed by atoms with E-state index in [0.29, 0.717) is 29.0 Å². The van der Waals surface area contributed by atoms with Gasteiger partial charge in [-0.25, -0.2) is 0 Å². The highest BCUT2D eigenvalue weighted by molar-refractivity contribution is 9.10. The van der Waals surface area contributed by atoms with Crippen LogP contribution >= 0.6 is 27.7 Å². The number of halogens is 1. The lowest BCUT2D eigenvalue weighted by Crippen LogP contribution is -2.48. The summed E-state index contributed by atoms with van der Waals surface area (Å²) in [6, 6.07) is 8.30. The number of carbonyl (C=O) groups is 1. The third-order valence-corrected chi connectivity index (χ3v) is 5.58. The van der Waals surface area contributed by atoms with Gasteiger partial charge < -0.3 is 9.32 Å². The Balaban J connectivity index is 1.62. The molecule has 1 saturated heterocycles. The quantitative estimate of drug-likeness (QED) is 0.701. The summed E-state index contributed by atoms with van der Waals surface area (Å²) in [6.45, 7) is 4.24. The first kappa shape index (κ1) is 17.5. The smallest absolute Gasteiger partial charge is 0.277 e. The average Bonchev–Trinajstić information content (AvgIpc) is 3.02. The molecule has 3 rings (SSSR count). The van der Waals surface area contributed by atoms with Crippen molar-refractivity contribution in [3.63, 3.8) is 0 Å². The molecule has 1 fully saturated rings. The first-order valence-corrected chi connectivity index (χ1v) is 9.86. The maximum atomic E-state index is 12.5. The van der Waals surface area contributed by atoms with Gasteiger partial charge in [0.25, 0.3) is 5.22 Å². The molecular formula is C17H20BrN3O2S. The van der Waals surface area contributed by atoms with Gasteiger partial charge in [-0.3, -0.25) is 4.79 Å². The summed E-state index contributed by atoms with van der Waals surface area (Å²) in [6.07, 6.45) is 3.35. The Bertz CT molecular complexity index is 711. The highest BCUT2D eigenvalue weighted by Crippen LogP contribution is 2.27. The molecule has 1 aromatic heterocycles. The maximum Gasteiger partial charge on any atom is 0.277 e. The number of amides is 1. The van der Waals surface area contributed by atoms with E-state index in [1.807, 2.05) is 29.2 Å². The summed E-state index contributed by atoms with van der Waals surface area (Å²) in [4.78, 5) is 14.5. The zero-order valence-electron chi connectivity index (χ0n) is 13.7. The normalized spacial score (nSPS) is 21.0. The Morgan fingerprint density at radius 1 is 1.33 bits per heavy atom. The fourth-order valence-corrected chi connectivity index (χ4v) is 4.15. The summed E-state index contributed by atoms with van der Waals surface area (Å²) in [5, 5.41) is 8.53. The van der Waals surface area contributed by atoms with Gasteiger partial charge >= 0.3 is 0 Å². The van der Waals surface area contributed by atoms with E-state index >= 15 is 0 Å². The second-order valence-electron chi connectivity index (χ2n) is 6.10. The van der Waals surface area contributed by atoms with Crippen LogP contribution in [0.5, 0.6) is 0 Å². The molecule has 2 heterocycles. The molecule has 7 heteroatoms. The highest BCUT2D eigenvalue weighted by atomic mass is 79.9. The second-order valence-corrected chi connectivity index (χ2v) is 7.94. The van der Waals surface area contributed by atoms with Crippen molar-refractivity contribution in [2.45, 2.75) is 50.4 Å². The molecule has 128 valence electrons. The van der Waals surface area contributed by atoms with Crippen LogP contribution in [0.3, 0.4) is 0 Å². The van der Waals surface area contributed by atoms with Crippen LogP contribution in [-0.4, -0.2) is 38.8 Å². The van der Waals surface area contributed by atoms with Gasteiger partial charge in [0.05, 0.1) is 5.75 Å². The van der Waals surface area contributed by atoms with E-state index in [9.17, 15) is 4.79 Å². The zero-order chi connectivity index (χ0) is 17.1. The van der Waals surface area contributed by atoms with Crippen molar-refractivity contribution in [2.24, 2.45) is 0 Å². The van der Waals surface area contributed by atoms with E-state index < -0.39 is 0 Å². The van der Waals surface area contributed by atoms with Gasteiger partial charge in [0.1, 0.15) is 0 Å². The Hall–Kier alpha value is -1.34. The van der Waals surface area contributed by atoms with Gasteiger partial charge in [-0.1, -0.05) is 33.8 Å². The Kier molecular flexibility index (Phi) is 5.61. The van der Waals surface area contributed by atoms with Crippen molar-refractivity contribution in [1.29, 1.82) is 0 Å². The number of aromatic nitrogens is 2. The van der Waals surface area contributed by atoms with E-state index in [1.165, 1.54) is 18.2 Å². The summed E-state index contributed by atoms with van der Waals surface area (Å²) in [5.41, 5.74) is 0.855. The zero-order valence-corrected chi connectivity index (χ0v) is 16.1. The minimum atomic E-state index is 0.141. The molecule has 0 spiro atoms. The topological polar surface area (TPSA) is 59.2 Å². The fraction of sp³-hybridized carbons (Fsp3) is 0.471. The number of carbonyl (C=O) groups excluding carboxylic acids is 1. The van der Waals surface area contributed by atoms with Gasteiger partial charge in [0.2, 0.25) is 11.8 Å². The molecule has 1 aromatic carbocycles. The van der Waals surface area contributed by atoms with Crippen LogP contribution in [0.15, 0.2) is 38.4 Å². The van der Waals surface area contributed by atoms with Crippen molar-refractivity contribution in [3.8, 4) is 11.5 Å². The van der Waals surface area contributed by atoms with Crippen LogP contribution in [0.2, 0.25) is 0 Å². The van der Waals surface area contributed by atoms with E-state index in [2.05, 4.69) is 40.0 Å². The van der Waals surface area contributed by atoms with Crippen LogP contribution < -0.4 is 0 Å². The number of piperidine rings is 1. The number of thioether (sulfide) groups is 1. The lowest BCUT2D eigenvalue weighted by Gasteiger charge is -2.39. The van der Waals surface area contributed by atoms with Crippen LogP contribution in [0.4, 0.5) is 0 Å². The second kappa shape index (κ2) is 7.70. The Labute approximate surface area is 154 Å². The lowest BCUT2D eigenvalue weighted by molar-refractivity contribution is -0.134. The van der Waals surface area contributed by atoms with Crippen LogP contribution in [0.1, 0.15) is 33.1 Å². The van der Waals surface area contributed by atoms with Gasteiger partial charge in [0, 0.05) is 22.1 Å². The summed E-state index contributed by atoms with van der Waals surface area (Å²) >= 11 is 4.73. The number of likely N-dealkylation sites (tertiary alicyclic amines) is 1. The Morgan fingerprint density at radius 2 is 2.08 bits per heavy atom. The number of hydrogen-bond donors (Lipinski definition) is 0. The number of benzene rings is 1. The van der Waals surface area contributed by atoms with Crippen molar-refractivity contribution >= 4 is 33.6 Å². The Morgan fingerprint density at radius 3 is 2.79 bits per heavy atom. The van der Waals surface area contributed by atoms with E-state index in [-0.39, 0.29) is 5.91 Å². The molecule has 24 heavy (non-hydrogen) atoms. The molecule has 2 atom stereocenters. The van der Waals surface area contributed by atoms with E-state index in [4.69, 9.17) is 4.42 Å². The van der Waals surface area contributed by atoms with Gasteiger partial charge in [-0.2, -0.15) is 0 Å². The number of rotatable bonds is 4. The number of hydrogen-bond acceptors (Lipinski definition) is 5. The monoisotopic (exact) mass is 409 g/mol. The molecule has 0 N–H and O–H groups in total. The van der Waals surface area contributed by atoms with Gasteiger partial charge in [0.15, 0.2) is 0 Å². The third-order valence-electron chi connectivity index (χ3n) is 4.28. The molecule has 0 saturated carbocycles. The fourth-order valence-electron chi connectivity index (χ4n) is 3.12. The average molecular weight is 410 g/mol. The molecule has 1 aliphatic heterocycles. The van der Waals surface area contributed by atoms with E-state index in [1.54, 1.807) is 0 Å². The SMILES string of the molecule is C[C@H]1CCC[C@H](C)N1C(=O)CSc1nnc(-c2cccc(Br)c2)o1. The van der Waals surface area contributed by atoms with Crippen molar-refractivity contribution < 1.29 is 9.21 Å². The van der Waals surface area contributed by atoms with Crippen molar-refractivity contribution in [3.05, 3.63) is 28.7 Å². The minimum absolute atomic E-state index is 0.141. The van der Waals surface area contributed by atoms with E-state index in [0.717, 1.165) is 22.9 Å². The minimum Gasteiger partial charge on any atom is -0.411 e. The largest absolute Gasteiger partial charge is 0.411 e. The predicted molar refractivity (Wildman–Crippen MR) is 97.8 cm³/mol. The van der Waals surface area contributed by atoms with Crippen molar-refractivity contribution in [2.75, 3.05) is 5.75 Å². The first-order valence-electron chi connectivity index (χ1n) is 8.08. The molecule has 1 amide bonds. The third kappa shape index (κ3) is 4.00. The van der Waals surface area contributed by atoms with Crippen LogP contribution in [0, 0.1) is 0 Å². The first-order chi connectivity index (χ1) is 11.5. The van der Waals surface area contributed by atoms with Crippen LogP contribution in [0.25, 0.3) is 11.5 Å². The molecule has 0 radical (unpaired) electrons. The lowest BCUT2D eigenvalue weighted by atomic mass is 9.98. The standard InChI is InChI=1S/C17H20BrN3O2S/c1-11-5-3-6-12(2)21(11)15(22)10-24-17-20-19-16(23-17)13-7-4-8-14(18)9-13/h4,7-9,11-12H,3,5-6,10H2,1-2H3/t11-,12-/m0/s1. The van der Waals surface area contributed by atoms with Crippen molar-refractivity contribution in [1.82, 2.24) is 15.1 Å². The summed E-state index contributed by atoms with van der Waals surface area (Å²) < 4.78 is 6.62. The number of nitrogens with zero attached hydrogens (tertiary/aromatic N) is 3. The van der Waals surface area contributed by atoms with Gasteiger partial charge in [-0.15, -0.1) is 10.2 Å². The molecular weight excluding hydrogens is 390 g/mol. The molecule has 0 unspecified atom stereocenters. The van der Waals surface area contributed by atoms with Crippen LogP contribution in [-0.2, 0) is 4.79 Å². The molecule has 5 nitrogen and oxygen atoms in total. The molecule has 1 aliphatic rings. The molecule has 2 aromatic rings. The highest BCUT2D eigenvalue weighted by Gasteiger charge is 2.29. The summed E-state index contributed by atoms with van der Waals surface area (Å²) in [7, 11) is 0. The molecule has 0 aliphatic carbocycles. The molecule has 0 bridgehead atoms. The predicted octanol–water partition coefficient (Wildman–Crippen LogP) is 4.38.